The monoisotopic (exact) mass is 985 g/mol. The molecular formula is C48H84N6O15. The number of carbonyl (C=O) groups excluding carboxylic acids is 6. The van der Waals surface area contributed by atoms with E-state index in [-0.39, 0.29) is 57.0 Å². The van der Waals surface area contributed by atoms with Crippen molar-refractivity contribution in [1.29, 1.82) is 0 Å². The standard InChI is InChI=1S/C48H84N6O15/c1-36(2)10-15-41(55)50-18-20-62-22-24-64-26-28-66-30-32-68-34-33-67-31-29-65-27-25-63-23-21-61-19-16-42(56)54-43(37(3)4)45(58)53-40(9-8-17-51-47(49)60)44(57)52-39-13-11-38(12-14-39)35-69-46(59)48(5,6)7/h11-14,36-37,40,43H,8-10,15-35H2,1-7H3,(H,50,55)(H,52,57)(H,53,58)(H,54,56)(H3,49,51,60)/t40-,43-/m0/s1. The van der Waals surface area contributed by atoms with Crippen molar-refractivity contribution >= 4 is 41.3 Å². The first kappa shape index (κ1) is 62.5. The van der Waals surface area contributed by atoms with Crippen LogP contribution in [0.5, 0.6) is 0 Å². The molecule has 0 aliphatic heterocycles. The molecule has 0 saturated carbocycles. The second-order valence-electron chi connectivity index (χ2n) is 17.7. The number of urea groups is 1. The summed E-state index contributed by atoms with van der Waals surface area (Å²) in [6.45, 7) is 20.1. The SMILES string of the molecule is CC(C)CCC(=O)NCCOCCOCCOCCOCCOCCOCCOCCOCCC(=O)N[C@H](C(=O)N[C@@H](CCCNC(N)=O)C(=O)Nc1ccc(COC(=O)C(C)(C)C)cc1)C(C)C. The lowest BCUT2D eigenvalue weighted by atomic mass is 9.97. The van der Waals surface area contributed by atoms with Gasteiger partial charge in [0, 0.05) is 31.6 Å². The zero-order chi connectivity index (χ0) is 51.1. The number of amides is 6. The third-order valence-electron chi connectivity index (χ3n) is 9.67. The zero-order valence-corrected chi connectivity index (χ0v) is 42.3. The normalized spacial score (nSPS) is 12.4. The van der Waals surface area contributed by atoms with Gasteiger partial charge in [-0.1, -0.05) is 39.8 Å². The van der Waals surface area contributed by atoms with Gasteiger partial charge in [-0.05, 0) is 69.6 Å². The number of benzene rings is 1. The van der Waals surface area contributed by atoms with Crippen LogP contribution >= 0.6 is 0 Å². The molecule has 1 aromatic rings. The van der Waals surface area contributed by atoms with Crippen molar-refractivity contribution in [2.75, 3.05) is 124 Å². The third kappa shape index (κ3) is 35.3. The van der Waals surface area contributed by atoms with Gasteiger partial charge in [0.15, 0.2) is 0 Å². The summed E-state index contributed by atoms with van der Waals surface area (Å²) in [6.07, 6.45) is 1.93. The Morgan fingerprint density at radius 1 is 0.551 bits per heavy atom. The van der Waals surface area contributed by atoms with Crippen LogP contribution in [-0.4, -0.2) is 167 Å². The van der Waals surface area contributed by atoms with E-state index in [0.29, 0.717) is 123 Å². The molecule has 7 N–H and O–H groups in total. The number of hydrogen-bond donors (Lipinski definition) is 6. The third-order valence-corrected chi connectivity index (χ3v) is 9.67. The predicted octanol–water partition coefficient (Wildman–Crippen LogP) is 2.86. The highest BCUT2D eigenvalue weighted by molar-refractivity contribution is 5.98. The molecule has 0 heterocycles. The lowest BCUT2D eigenvalue weighted by molar-refractivity contribution is -0.154. The number of nitrogens with two attached hydrogens (primary N) is 1. The predicted molar refractivity (Wildman–Crippen MR) is 258 cm³/mol. The van der Waals surface area contributed by atoms with Crippen LogP contribution in [0, 0.1) is 17.3 Å². The van der Waals surface area contributed by atoms with Crippen molar-refractivity contribution in [3.63, 3.8) is 0 Å². The molecule has 0 fully saturated rings. The van der Waals surface area contributed by atoms with E-state index in [0.717, 1.165) is 12.0 Å². The fraction of sp³-hybridized carbons (Fsp3) is 0.750. The molecule has 21 nitrogen and oxygen atoms in total. The van der Waals surface area contributed by atoms with Gasteiger partial charge in [-0.25, -0.2) is 4.79 Å². The molecule has 0 saturated heterocycles. The molecule has 1 aromatic carbocycles. The summed E-state index contributed by atoms with van der Waals surface area (Å²) in [5.74, 6) is -1.52. The Balaban J connectivity index is 2.16. The molecule has 1 rings (SSSR count). The van der Waals surface area contributed by atoms with Gasteiger partial charge in [-0.2, -0.15) is 0 Å². The van der Waals surface area contributed by atoms with Gasteiger partial charge < -0.3 is 74.9 Å². The van der Waals surface area contributed by atoms with E-state index in [2.05, 4.69) is 40.4 Å². The van der Waals surface area contributed by atoms with Gasteiger partial charge >= 0.3 is 12.0 Å². The van der Waals surface area contributed by atoms with Crippen LogP contribution in [-0.2, 0) is 73.2 Å². The molecule has 2 atom stereocenters. The Hall–Kier alpha value is -4.48. The minimum absolute atomic E-state index is 0.00343. The van der Waals surface area contributed by atoms with Gasteiger partial charge in [-0.15, -0.1) is 0 Å². The molecule has 0 radical (unpaired) electrons. The second-order valence-corrected chi connectivity index (χ2v) is 17.7. The molecule has 0 aliphatic carbocycles. The van der Waals surface area contributed by atoms with Crippen molar-refractivity contribution in [2.45, 2.75) is 99.3 Å². The van der Waals surface area contributed by atoms with E-state index >= 15 is 0 Å². The molecule has 0 unspecified atom stereocenters. The number of primary amides is 1. The highest BCUT2D eigenvalue weighted by Gasteiger charge is 2.29. The molecular weight excluding hydrogens is 901 g/mol. The van der Waals surface area contributed by atoms with Crippen molar-refractivity contribution in [2.24, 2.45) is 23.0 Å². The minimum Gasteiger partial charge on any atom is -0.460 e. The molecule has 0 aromatic heterocycles. The maximum absolute atomic E-state index is 13.5. The van der Waals surface area contributed by atoms with Crippen LogP contribution in [0.15, 0.2) is 24.3 Å². The summed E-state index contributed by atoms with van der Waals surface area (Å²) in [7, 11) is 0. The first-order valence-electron chi connectivity index (χ1n) is 24.1. The average molecular weight is 985 g/mol. The quantitative estimate of drug-likeness (QED) is 0.0406. The fourth-order valence-electron chi connectivity index (χ4n) is 5.68. The number of hydrogen-bond acceptors (Lipinski definition) is 15. The van der Waals surface area contributed by atoms with Crippen LogP contribution in [0.3, 0.4) is 0 Å². The average Bonchev–Trinajstić information content (AvgIpc) is 3.29. The van der Waals surface area contributed by atoms with Crippen LogP contribution in [0.25, 0.3) is 0 Å². The van der Waals surface area contributed by atoms with E-state index in [9.17, 15) is 28.8 Å². The molecule has 69 heavy (non-hydrogen) atoms. The molecule has 6 amide bonds. The second kappa shape index (κ2) is 39.3. The highest BCUT2D eigenvalue weighted by atomic mass is 16.6. The zero-order valence-electron chi connectivity index (χ0n) is 42.3. The Morgan fingerprint density at radius 3 is 1.48 bits per heavy atom. The van der Waals surface area contributed by atoms with E-state index in [1.54, 1.807) is 58.9 Å². The van der Waals surface area contributed by atoms with Crippen molar-refractivity contribution in [3.05, 3.63) is 29.8 Å². The maximum atomic E-state index is 13.5. The van der Waals surface area contributed by atoms with Gasteiger partial charge in [0.25, 0.3) is 0 Å². The van der Waals surface area contributed by atoms with Crippen molar-refractivity contribution in [1.82, 2.24) is 21.3 Å². The van der Waals surface area contributed by atoms with Gasteiger partial charge in [-0.3, -0.25) is 24.0 Å². The summed E-state index contributed by atoms with van der Waals surface area (Å²) in [6, 6.07) is 4.10. The van der Waals surface area contributed by atoms with Gasteiger partial charge in [0.05, 0.1) is 111 Å². The van der Waals surface area contributed by atoms with E-state index < -0.39 is 41.3 Å². The minimum atomic E-state index is -1.00. The fourth-order valence-corrected chi connectivity index (χ4v) is 5.68. The first-order chi connectivity index (χ1) is 33.0. The molecule has 396 valence electrons. The highest BCUT2D eigenvalue weighted by Crippen LogP contribution is 2.18. The van der Waals surface area contributed by atoms with Crippen LogP contribution in [0.1, 0.15) is 86.1 Å². The number of rotatable bonds is 42. The molecule has 21 heteroatoms. The molecule has 0 aliphatic rings. The summed E-state index contributed by atoms with van der Waals surface area (Å²) in [5.41, 5.74) is 5.72. The van der Waals surface area contributed by atoms with E-state index in [1.807, 2.05) is 0 Å². The Kier molecular flexibility index (Phi) is 35.6. The maximum Gasteiger partial charge on any atom is 0.312 e. The number of esters is 1. The summed E-state index contributed by atoms with van der Waals surface area (Å²) >= 11 is 0. The van der Waals surface area contributed by atoms with Crippen LogP contribution < -0.4 is 32.3 Å². The number of nitrogens with one attached hydrogen (secondary N) is 5. The van der Waals surface area contributed by atoms with Crippen LogP contribution in [0.4, 0.5) is 10.5 Å². The van der Waals surface area contributed by atoms with E-state index in [1.165, 1.54) is 0 Å². The topological polar surface area (TPSA) is 272 Å². The van der Waals surface area contributed by atoms with Gasteiger partial charge in [0.1, 0.15) is 18.7 Å². The van der Waals surface area contributed by atoms with Crippen LogP contribution in [0.2, 0.25) is 0 Å². The van der Waals surface area contributed by atoms with Crippen molar-refractivity contribution in [3.8, 4) is 0 Å². The largest absolute Gasteiger partial charge is 0.460 e. The summed E-state index contributed by atoms with van der Waals surface area (Å²) in [4.78, 5) is 74.6. The lowest BCUT2D eigenvalue weighted by Crippen LogP contribution is -2.54. The smallest absolute Gasteiger partial charge is 0.312 e. The molecule has 0 spiro atoms. The Labute approximate surface area is 409 Å². The first-order valence-corrected chi connectivity index (χ1v) is 24.1. The Bertz CT molecular complexity index is 1560. The van der Waals surface area contributed by atoms with E-state index in [4.69, 9.17) is 48.4 Å². The lowest BCUT2D eigenvalue weighted by Gasteiger charge is -2.25. The van der Waals surface area contributed by atoms with Crippen molar-refractivity contribution < 1.29 is 71.4 Å². The molecule has 0 bridgehead atoms. The Morgan fingerprint density at radius 2 is 1.03 bits per heavy atom. The number of anilines is 1. The number of carbonyl (C=O) groups is 6. The van der Waals surface area contributed by atoms with Gasteiger partial charge in [0.2, 0.25) is 23.6 Å². The summed E-state index contributed by atoms with van der Waals surface area (Å²) < 4.78 is 49.3. The number of ether oxygens (including phenoxy) is 9. The summed E-state index contributed by atoms with van der Waals surface area (Å²) in [5, 5.41) is 13.6.